The van der Waals surface area contributed by atoms with Gasteiger partial charge in [-0.3, -0.25) is 19.1 Å². The van der Waals surface area contributed by atoms with Crippen LogP contribution in [0.1, 0.15) is 12.5 Å². The van der Waals surface area contributed by atoms with Gasteiger partial charge in [0.1, 0.15) is 5.69 Å². The van der Waals surface area contributed by atoms with Crippen LogP contribution in [0.3, 0.4) is 0 Å². The lowest BCUT2D eigenvalue weighted by Crippen LogP contribution is -2.30. The minimum absolute atomic E-state index is 0.126. The van der Waals surface area contributed by atoms with Gasteiger partial charge >= 0.3 is 0 Å². The number of hydrogen-bond acceptors (Lipinski definition) is 6. The van der Waals surface area contributed by atoms with E-state index in [2.05, 4.69) is 5.10 Å². The smallest absolute Gasteiger partial charge is 0.293 e. The van der Waals surface area contributed by atoms with Crippen molar-refractivity contribution in [1.29, 1.82) is 0 Å². The average Bonchev–Trinajstić information content (AvgIpc) is 3.13. The van der Waals surface area contributed by atoms with Crippen molar-refractivity contribution in [3.63, 3.8) is 0 Å². The van der Waals surface area contributed by atoms with Crippen LogP contribution in [0.5, 0.6) is 0 Å². The zero-order chi connectivity index (χ0) is 21.9. The number of para-hydroxylation sites is 1. The summed E-state index contributed by atoms with van der Waals surface area (Å²) >= 11 is 0. The summed E-state index contributed by atoms with van der Waals surface area (Å²) in [4.78, 5) is 12.7. The third kappa shape index (κ3) is 4.28. The Hall–Kier alpha value is -3.40. The van der Waals surface area contributed by atoms with Crippen LogP contribution in [0.4, 0.5) is 17.1 Å². The van der Waals surface area contributed by atoms with E-state index in [1.54, 1.807) is 67.1 Å². The van der Waals surface area contributed by atoms with Gasteiger partial charge in [0.2, 0.25) is 0 Å². The van der Waals surface area contributed by atoms with Crippen molar-refractivity contribution in [3.8, 4) is 0 Å². The average molecular weight is 430 g/mol. The van der Waals surface area contributed by atoms with Crippen molar-refractivity contribution in [2.45, 2.75) is 18.4 Å². The topological polar surface area (TPSA) is 102 Å². The van der Waals surface area contributed by atoms with Crippen LogP contribution in [0, 0.1) is 10.1 Å². The van der Waals surface area contributed by atoms with E-state index in [-0.39, 0.29) is 17.1 Å². The number of nitro benzene ring substituents is 1. The molecule has 3 aromatic rings. The Bertz CT molecular complexity index is 1150. The number of nitrogens with zero attached hydrogens (tertiary/aromatic N) is 5. The standard InChI is InChI=1S/C20H23N5O4S/c1-4-24(17-8-6-5-7-9-17)30(28,29)18-10-11-19(20(12-18)25(26)27)22(2)14-16-13-21-23(3)15-16/h5-13,15H,4,14H2,1-3H3. The molecule has 0 N–H and O–H groups in total. The van der Waals surface area contributed by atoms with Crippen LogP contribution in [0.25, 0.3) is 0 Å². The van der Waals surface area contributed by atoms with Gasteiger partial charge in [-0.2, -0.15) is 5.10 Å². The molecule has 0 saturated heterocycles. The lowest BCUT2D eigenvalue weighted by molar-refractivity contribution is -0.384. The third-order valence-electron chi connectivity index (χ3n) is 4.65. The lowest BCUT2D eigenvalue weighted by Gasteiger charge is -2.24. The van der Waals surface area contributed by atoms with Crippen LogP contribution < -0.4 is 9.21 Å². The summed E-state index contributed by atoms with van der Waals surface area (Å²) in [5, 5.41) is 15.8. The summed E-state index contributed by atoms with van der Waals surface area (Å²) in [6, 6.07) is 12.6. The Balaban J connectivity index is 1.98. The molecule has 10 heteroatoms. The van der Waals surface area contributed by atoms with Crippen molar-refractivity contribution >= 4 is 27.1 Å². The van der Waals surface area contributed by atoms with Gasteiger partial charge in [0, 0.05) is 45.0 Å². The van der Waals surface area contributed by atoms with E-state index in [1.807, 2.05) is 6.20 Å². The first-order valence-corrected chi connectivity index (χ1v) is 10.7. The van der Waals surface area contributed by atoms with Crippen LogP contribution in [0.2, 0.25) is 0 Å². The fourth-order valence-corrected chi connectivity index (χ4v) is 4.75. The summed E-state index contributed by atoms with van der Waals surface area (Å²) in [6.45, 7) is 2.31. The predicted molar refractivity (Wildman–Crippen MR) is 115 cm³/mol. The molecule has 0 fully saturated rings. The van der Waals surface area contributed by atoms with Crippen LogP contribution in [0.15, 0.2) is 65.8 Å². The van der Waals surface area contributed by atoms with E-state index < -0.39 is 14.9 Å². The SMILES string of the molecule is CCN(c1ccccc1)S(=O)(=O)c1ccc(N(C)Cc2cnn(C)c2)c([N+](=O)[O-])c1. The molecule has 158 valence electrons. The number of hydrogen-bond donors (Lipinski definition) is 0. The van der Waals surface area contributed by atoms with Gasteiger partial charge in [-0.1, -0.05) is 18.2 Å². The summed E-state index contributed by atoms with van der Waals surface area (Å²) in [5.74, 6) is 0. The Kier molecular flexibility index (Phi) is 6.06. The summed E-state index contributed by atoms with van der Waals surface area (Å²) in [6.07, 6.45) is 3.50. The zero-order valence-electron chi connectivity index (χ0n) is 17.0. The highest BCUT2D eigenvalue weighted by Crippen LogP contribution is 2.33. The maximum Gasteiger partial charge on any atom is 0.293 e. The van der Waals surface area contributed by atoms with E-state index in [0.29, 0.717) is 17.9 Å². The molecular weight excluding hydrogens is 406 g/mol. The van der Waals surface area contributed by atoms with Crippen LogP contribution >= 0.6 is 0 Å². The van der Waals surface area contributed by atoms with Crippen molar-refractivity contribution < 1.29 is 13.3 Å². The van der Waals surface area contributed by atoms with Gasteiger partial charge in [-0.15, -0.1) is 0 Å². The zero-order valence-corrected chi connectivity index (χ0v) is 17.8. The molecule has 30 heavy (non-hydrogen) atoms. The highest BCUT2D eigenvalue weighted by Gasteiger charge is 2.28. The molecule has 1 heterocycles. The lowest BCUT2D eigenvalue weighted by atomic mass is 10.2. The largest absolute Gasteiger partial charge is 0.365 e. The van der Waals surface area contributed by atoms with Crippen molar-refractivity contribution in [3.05, 3.63) is 76.6 Å². The first-order valence-electron chi connectivity index (χ1n) is 9.29. The second-order valence-corrected chi connectivity index (χ2v) is 8.65. The summed E-state index contributed by atoms with van der Waals surface area (Å²) in [7, 11) is -0.458. The Morgan fingerprint density at radius 3 is 2.43 bits per heavy atom. The van der Waals surface area contributed by atoms with Crippen LogP contribution in [-0.4, -0.2) is 36.7 Å². The van der Waals surface area contributed by atoms with Crippen molar-refractivity contribution in [1.82, 2.24) is 9.78 Å². The van der Waals surface area contributed by atoms with Gasteiger partial charge in [0.25, 0.3) is 15.7 Å². The number of sulfonamides is 1. The Morgan fingerprint density at radius 1 is 1.17 bits per heavy atom. The molecule has 0 amide bonds. The Morgan fingerprint density at radius 2 is 1.87 bits per heavy atom. The molecule has 0 spiro atoms. The molecule has 0 saturated carbocycles. The maximum absolute atomic E-state index is 13.2. The fraction of sp³-hybridized carbons (Fsp3) is 0.250. The second kappa shape index (κ2) is 8.54. The molecule has 0 atom stereocenters. The van der Waals surface area contributed by atoms with Gasteiger partial charge in [0.05, 0.1) is 21.7 Å². The first kappa shape index (κ1) is 21.3. The molecule has 0 aliphatic rings. The first-order chi connectivity index (χ1) is 14.2. The molecule has 0 aliphatic heterocycles. The van der Waals surface area contributed by atoms with Gasteiger partial charge in [0.15, 0.2) is 0 Å². The van der Waals surface area contributed by atoms with E-state index in [1.165, 1.54) is 16.4 Å². The molecule has 1 aromatic heterocycles. The molecular formula is C20H23N5O4S. The number of aryl methyl sites for hydroxylation is 1. The molecule has 2 aromatic carbocycles. The highest BCUT2D eigenvalue weighted by atomic mass is 32.2. The predicted octanol–water partition coefficient (Wildman–Crippen LogP) is 3.18. The monoisotopic (exact) mass is 429 g/mol. The summed E-state index contributed by atoms with van der Waals surface area (Å²) in [5.41, 5.74) is 1.43. The quantitative estimate of drug-likeness (QED) is 0.403. The van der Waals surface area contributed by atoms with Crippen molar-refractivity contribution in [2.24, 2.45) is 7.05 Å². The number of aromatic nitrogens is 2. The summed E-state index contributed by atoms with van der Waals surface area (Å²) < 4.78 is 29.3. The minimum atomic E-state index is -3.96. The Labute approximate surface area is 175 Å². The van der Waals surface area contributed by atoms with E-state index >= 15 is 0 Å². The molecule has 0 unspecified atom stereocenters. The maximum atomic E-state index is 13.2. The minimum Gasteiger partial charge on any atom is -0.365 e. The second-order valence-electron chi connectivity index (χ2n) is 6.79. The molecule has 0 bridgehead atoms. The third-order valence-corrected chi connectivity index (χ3v) is 6.55. The van der Waals surface area contributed by atoms with Gasteiger partial charge in [-0.05, 0) is 31.2 Å². The van der Waals surface area contributed by atoms with Crippen molar-refractivity contribution in [2.75, 3.05) is 22.8 Å². The molecule has 0 radical (unpaired) electrons. The molecule has 3 rings (SSSR count). The van der Waals surface area contributed by atoms with Crippen LogP contribution in [-0.2, 0) is 23.6 Å². The normalized spacial score (nSPS) is 11.3. The number of anilines is 2. The van der Waals surface area contributed by atoms with Gasteiger partial charge < -0.3 is 4.90 Å². The van der Waals surface area contributed by atoms with E-state index in [0.717, 1.165) is 11.6 Å². The van der Waals surface area contributed by atoms with Gasteiger partial charge in [-0.25, -0.2) is 8.42 Å². The van der Waals surface area contributed by atoms with E-state index in [9.17, 15) is 18.5 Å². The number of rotatable bonds is 8. The fourth-order valence-electron chi connectivity index (χ4n) is 3.26. The number of benzene rings is 2. The highest BCUT2D eigenvalue weighted by molar-refractivity contribution is 7.92. The molecule has 0 aliphatic carbocycles. The number of nitro groups is 1. The van der Waals surface area contributed by atoms with E-state index in [4.69, 9.17) is 0 Å². The molecule has 9 nitrogen and oxygen atoms in total.